The molecular formula is C18H21N3O3S. The van der Waals surface area contributed by atoms with Gasteiger partial charge in [0.15, 0.2) is 9.84 Å². The monoisotopic (exact) mass is 359 g/mol. The van der Waals surface area contributed by atoms with Crippen LogP contribution in [0.2, 0.25) is 0 Å². The van der Waals surface area contributed by atoms with Crippen LogP contribution in [0.4, 0.5) is 5.69 Å². The number of anilines is 1. The maximum Gasteiger partial charge on any atom is 0.262 e. The highest BCUT2D eigenvalue weighted by Gasteiger charge is 2.35. The van der Waals surface area contributed by atoms with Gasteiger partial charge in [-0.15, -0.1) is 0 Å². The molecule has 0 aliphatic carbocycles. The number of carbonyl (C=O) groups excluding carboxylic acids is 1. The smallest absolute Gasteiger partial charge is 0.262 e. The molecule has 3 heterocycles. The van der Waals surface area contributed by atoms with E-state index in [9.17, 15) is 13.2 Å². The molecule has 0 N–H and O–H groups in total. The molecule has 132 valence electrons. The van der Waals surface area contributed by atoms with Crippen molar-refractivity contribution >= 4 is 21.4 Å². The Morgan fingerprint density at radius 3 is 2.76 bits per heavy atom. The minimum absolute atomic E-state index is 0.0675. The lowest BCUT2D eigenvalue weighted by Crippen LogP contribution is -2.36. The van der Waals surface area contributed by atoms with Crippen LogP contribution < -0.4 is 4.90 Å². The van der Waals surface area contributed by atoms with E-state index in [1.807, 2.05) is 36.9 Å². The quantitative estimate of drug-likeness (QED) is 0.824. The lowest BCUT2D eigenvalue weighted by molar-refractivity contribution is 0.0980. The maximum absolute atomic E-state index is 13.2. The van der Waals surface area contributed by atoms with Gasteiger partial charge in [-0.1, -0.05) is 18.2 Å². The van der Waals surface area contributed by atoms with Gasteiger partial charge < -0.3 is 4.90 Å². The number of carbonyl (C=O) groups is 1. The first-order valence-electron chi connectivity index (χ1n) is 8.53. The van der Waals surface area contributed by atoms with Crippen LogP contribution in [0, 0.1) is 6.92 Å². The molecule has 2 aromatic rings. The van der Waals surface area contributed by atoms with Crippen molar-refractivity contribution in [1.82, 2.24) is 9.78 Å². The number of hydrogen-bond acceptors (Lipinski definition) is 4. The molecule has 1 aromatic carbocycles. The number of benzene rings is 1. The summed E-state index contributed by atoms with van der Waals surface area (Å²) in [6.45, 7) is 3.89. The van der Waals surface area contributed by atoms with Gasteiger partial charge in [0.2, 0.25) is 0 Å². The van der Waals surface area contributed by atoms with E-state index in [0.717, 1.165) is 17.8 Å². The highest BCUT2D eigenvalue weighted by atomic mass is 32.2. The van der Waals surface area contributed by atoms with Gasteiger partial charge in [0.1, 0.15) is 0 Å². The molecule has 1 aromatic heterocycles. The van der Waals surface area contributed by atoms with E-state index in [1.165, 1.54) is 5.56 Å². The molecule has 2 aliphatic rings. The van der Waals surface area contributed by atoms with Crippen LogP contribution in [-0.2, 0) is 16.3 Å². The lowest BCUT2D eigenvalue weighted by Gasteiger charge is -2.22. The third-order valence-corrected chi connectivity index (χ3v) is 7.01. The van der Waals surface area contributed by atoms with E-state index in [4.69, 9.17) is 0 Å². The van der Waals surface area contributed by atoms with Gasteiger partial charge in [0.25, 0.3) is 5.91 Å². The standard InChI is InChI=1S/C18H21N3O3S/c1-12-9-14-5-3-4-6-17(14)20(12)18(22)16-10-19-21(13(16)2)15-7-8-25(23,24)11-15/h3-6,10,12,15H,7-9,11H2,1-2H3. The maximum atomic E-state index is 13.2. The summed E-state index contributed by atoms with van der Waals surface area (Å²) >= 11 is 0. The fraction of sp³-hybridized carbons (Fsp3) is 0.444. The number of amides is 1. The van der Waals surface area contributed by atoms with Crippen LogP contribution in [-0.4, -0.2) is 41.7 Å². The van der Waals surface area contributed by atoms with E-state index in [1.54, 1.807) is 10.9 Å². The fourth-order valence-electron chi connectivity index (χ4n) is 3.97. The summed E-state index contributed by atoms with van der Waals surface area (Å²) in [5.74, 6) is 0.227. The van der Waals surface area contributed by atoms with Crippen molar-refractivity contribution in [3.8, 4) is 0 Å². The van der Waals surface area contributed by atoms with Crippen molar-refractivity contribution in [2.24, 2.45) is 0 Å². The highest BCUT2D eigenvalue weighted by Crippen LogP contribution is 2.34. The zero-order valence-corrected chi connectivity index (χ0v) is 15.2. The number of hydrogen-bond donors (Lipinski definition) is 0. The van der Waals surface area contributed by atoms with Crippen molar-refractivity contribution in [3.05, 3.63) is 47.3 Å². The molecule has 1 amide bonds. The second-order valence-electron chi connectivity index (χ2n) is 7.00. The van der Waals surface area contributed by atoms with Crippen molar-refractivity contribution in [1.29, 1.82) is 0 Å². The predicted molar refractivity (Wildman–Crippen MR) is 95.7 cm³/mol. The van der Waals surface area contributed by atoms with Crippen molar-refractivity contribution in [2.45, 2.75) is 38.8 Å². The molecule has 25 heavy (non-hydrogen) atoms. The Kier molecular flexibility index (Phi) is 3.72. The number of fused-ring (bicyclic) bond motifs is 1. The fourth-order valence-corrected chi connectivity index (χ4v) is 5.67. The zero-order valence-electron chi connectivity index (χ0n) is 14.3. The van der Waals surface area contributed by atoms with E-state index < -0.39 is 9.84 Å². The van der Waals surface area contributed by atoms with E-state index in [0.29, 0.717) is 12.0 Å². The van der Waals surface area contributed by atoms with Gasteiger partial charge in [-0.05, 0) is 38.3 Å². The third kappa shape index (κ3) is 2.66. The Hall–Kier alpha value is -2.15. The molecule has 2 atom stereocenters. The summed E-state index contributed by atoms with van der Waals surface area (Å²) in [4.78, 5) is 15.0. The Labute approximate surface area is 147 Å². The van der Waals surface area contributed by atoms with Crippen LogP contribution in [0.5, 0.6) is 0 Å². The van der Waals surface area contributed by atoms with Gasteiger partial charge in [-0.2, -0.15) is 5.10 Å². The van der Waals surface area contributed by atoms with Gasteiger partial charge in [0.05, 0.1) is 29.3 Å². The van der Waals surface area contributed by atoms with Crippen LogP contribution >= 0.6 is 0 Å². The number of para-hydroxylation sites is 1. The van der Waals surface area contributed by atoms with Crippen LogP contribution in [0.25, 0.3) is 0 Å². The summed E-state index contributed by atoms with van der Waals surface area (Å²) in [7, 11) is -2.99. The minimum atomic E-state index is -2.99. The van der Waals surface area contributed by atoms with Crippen LogP contribution in [0.3, 0.4) is 0 Å². The zero-order chi connectivity index (χ0) is 17.8. The van der Waals surface area contributed by atoms with Crippen LogP contribution in [0.15, 0.2) is 30.5 Å². The van der Waals surface area contributed by atoms with Gasteiger partial charge in [0, 0.05) is 17.4 Å². The normalized spacial score (nSPS) is 24.5. The van der Waals surface area contributed by atoms with Gasteiger partial charge >= 0.3 is 0 Å². The molecule has 7 heteroatoms. The third-order valence-electron chi connectivity index (χ3n) is 5.26. The molecule has 0 saturated carbocycles. The first kappa shape index (κ1) is 16.3. The number of nitrogens with zero attached hydrogens (tertiary/aromatic N) is 3. The SMILES string of the molecule is Cc1c(C(=O)N2c3ccccc3CC2C)cnn1C1CCS(=O)(=O)C1. The molecule has 0 spiro atoms. The molecular weight excluding hydrogens is 338 g/mol. The Morgan fingerprint density at radius 2 is 2.04 bits per heavy atom. The second-order valence-corrected chi connectivity index (χ2v) is 9.23. The molecule has 6 nitrogen and oxygen atoms in total. The molecule has 4 rings (SSSR count). The van der Waals surface area contributed by atoms with Crippen molar-refractivity contribution in [2.75, 3.05) is 16.4 Å². The first-order valence-corrected chi connectivity index (χ1v) is 10.4. The van der Waals surface area contributed by atoms with E-state index in [2.05, 4.69) is 11.2 Å². The van der Waals surface area contributed by atoms with Gasteiger partial charge in [-0.25, -0.2) is 8.42 Å². The topological polar surface area (TPSA) is 72.3 Å². The Morgan fingerprint density at radius 1 is 1.28 bits per heavy atom. The van der Waals surface area contributed by atoms with E-state index in [-0.39, 0.29) is 29.5 Å². The molecule has 0 radical (unpaired) electrons. The number of sulfone groups is 1. The number of rotatable bonds is 2. The van der Waals surface area contributed by atoms with Crippen LogP contribution in [0.1, 0.15) is 41.0 Å². The first-order chi connectivity index (χ1) is 11.9. The van der Waals surface area contributed by atoms with Gasteiger partial charge in [-0.3, -0.25) is 9.48 Å². The highest BCUT2D eigenvalue weighted by molar-refractivity contribution is 7.91. The summed E-state index contributed by atoms with van der Waals surface area (Å²) in [5.41, 5.74) is 3.42. The summed E-state index contributed by atoms with van der Waals surface area (Å²) in [5, 5.41) is 4.34. The lowest BCUT2D eigenvalue weighted by atomic mass is 10.1. The molecule has 2 unspecified atom stereocenters. The van der Waals surface area contributed by atoms with Crippen molar-refractivity contribution < 1.29 is 13.2 Å². The number of aromatic nitrogens is 2. The average Bonchev–Trinajstić information content (AvgIpc) is 3.21. The predicted octanol–water partition coefficient (Wildman–Crippen LogP) is 2.14. The molecule has 0 bridgehead atoms. The molecule has 1 saturated heterocycles. The second kappa shape index (κ2) is 5.69. The molecule has 1 fully saturated rings. The largest absolute Gasteiger partial charge is 0.305 e. The summed E-state index contributed by atoms with van der Waals surface area (Å²) in [6, 6.07) is 7.88. The summed E-state index contributed by atoms with van der Waals surface area (Å²) < 4.78 is 25.2. The molecule has 2 aliphatic heterocycles. The van der Waals surface area contributed by atoms with E-state index >= 15 is 0 Å². The Bertz CT molecular complexity index is 948. The minimum Gasteiger partial charge on any atom is -0.305 e. The van der Waals surface area contributed by atoms with Crippen molar-refractivity contribution in [3.63, 3.8) is 0 Å². The Balaban J connectivity index is 1.66. The summed E-state index contributed by atoms with van der Waals surface area (Å²) in [6.07, 6.45) is 2.98. The average molecular weight is 359 g/mol.